The van der Waals surface area contributed by atoms with Crippen molar-refractivity contribution >= 4 is 38.3 Å². The van der Waals surface area contributed by atoms with E-state index in [9.17, 15) is 13.2 Å². The van der Waals surface area contributed by atoms with Crippen molar-refractivity contribution in [3.05, 3.63) is 46.4 Å². The zero-order valence-electron chi connectivity index (χ0n) is 18.1. The Morgan fingerprint density at radius 3 is 2.75 bits per heavy atom. The lowest BCUT2D eigenvalue weighted by molar-refractivity contribution is -0.121. The number of hydrogen-bond donors (Lipinski definition) is 1. The molecule has 8 nitrogen and oxygen atoms in total. The van der Waals surface area contributed by atoms with Crippen LogP contribution in [0.5, 0.6) is 0 Å². The number of sulfonamides is 1. The molecule has 0 radical (unpaired) electrons. The molecule has 1 saturated heterocycles. The molecule has 1 aromatic carbocycles. The van der Waals surface area contributed by atoms with E-state index in [1.54, 1.807) is 23.5 Å². The van der Waals surface area contributed by atoms with Gasteiger partial charge in [-0.25, -0.2) is 13.4 Å². The first-order valence-corrected chi connectivity index (χ1v) is 13.2. The van der Waals surface area contributed by atoms with E-state index in [2.05, 4.69) is 16.4 Å². The van der Waals surface area contributed by atoms with Gasteiger partial charge < -0.3 is 14.6 Å². The fourth-order valence-corrected chi connectivity index (χ4v) is 6.03. The van der Waals surface area contributed by atoms with Crippen LogP contribution in [-0.4, -0.2) is 61.0 Å². The van der Waals surface area contributed by atoms with E-state index in [4.69, 9.17) is 4.74 Å². The van der Waals surface area contributed by atoms with Gasteiger partial charge >= 0.3 is 0 Å². The Hall–Kier alpha value is -2.27. The van der Waals surface area contributed by atoms with Gasteiger partial charge in [0, 0.05) is 43.9 Å². The van der Waals surface area contributed by atoms with Gasteiger partial charge in [0.25, 0.3) is 0 Å². The Morgan fingerprint density at radius 2 is 2.03 bits per heavy atom. The van der Waals surface area contributed by atoms with Gasteiger partial charge in [0.15, 0.2) is 0 Å². The summed E-state index contributed by atoms with van der Waals surface area (Å²) < 4.78 is 34.7. The minimum Gasteiger partial charge on any atom is -0.379 e. The van der Waals surface area contributed by atoms with Crippen LogP contribution in [0.2, 0.25) is 0 Å². The summed E-state index contributed by atoms with van der Waals surface area (Å²) in [6.45, 7) is 4.86. The quantitative estimate of drug-likeness (QED) is 0.512. The van der Waals surface area contributed by atoms with E-state index in [1.165, 1.54) is 9.18 Å². The van der Waals surface area contributed by atoms with E-state index in [0.717, 1.165) is 17.8 Å². The van der Waals surface area contributed by atoms with Crippen LogP contribution < -0.4 is 5.32 Å². The van der Waals surface area contributed by atoms with E-state index in [1.807, 2.05) is 29.0 Å². The number of carbonyl (C=O) groups is 1. The average Bonchev–Trinajstić information content (AvgIpc) is 3.45. The molecule has 0 atom stereocenters. The van der Waals surface area contributed by atoms with Crippen molar-refractivity contribution in [1.29, 1.82) is 0 Å². The highest BCUT2D eigenvalue weighted by Gasteiger charge is 2.27. The maximum atomic E-state index is 13.0. The highest BCUT2D eigenvalue weighted by Crippen LogP contribution is 2.24. The smallest absolute Gasteiger partial charge is 0.243 e. The Morgan fingerprint density at radius 1 is 1.22 bits per heavy atom. The van der Waals surface area contributed by atoms with Crippen LogP contribution in [-0.2, 0) is 38.9 Å². The van der Waals surface area contributed by atoms with Gasteiger partial charge in [0.1, 0.15) is 5.82 Å². The van der Waals surface area contributed by atoms with Gasteiger partial charge in [-0.3, -0.25) is 4.79 Å². The summed E-state index contributed by atoms with van der Waals surface area (Å²) in [4.78, 5) is 18.4. The number of nitrogens with zero attached hydrogens (tertiary/aromatic N) is 3. The molecule has 172 valence electrons. The zero-order valence-corrected chi connectivity index (χ0v) is 19.8. The molecule has 0 spiro atoms. The van der Waals surface area contributed by atoms with E-state index in [-0.39, 0.29) is 10.8 Å². The zero-order chi connectivity index (χ0) is 22.6. The van der Waals surface area contributed by atoms with Crippen molar-refractivity contribution in [1.82, 2.24) is 19.2 Å². The molecule has 3 heterocycles. The first-order valence-electron chi connectivity index (χ1n) is 10.8. The standard InChI is InChI=1S/C22H28N4O4S2/c1-2-26-20-6-5-18(32(28,29)25-11-13-30-14-12-25)16-19(20)24-21(26)7-8-22(27)23-10-9-17-4-3-15-31-17/h3-6,15-16H,2,7-14H2,1H3,(H,23,27). The maximum Gasteiger partial charge on any atom is 0.243 e. The van der Waals surface area contributed by atoms with Crippen LogP contribution in [0.25, 0.3) is 11.0 Å². The largest absolute Gasteiger partial charge is 0.379 e. The third-order valence-electron chi connectivity index (χ3n) is 5.57. The molecular formula is C22H28N4O4S2. The Balaban J connectivity index is 1.44. The molecule has 2 aromatic heterocycles. The topological polar surface area (TPSA) is 93.5 Å². The number of rotatable bonds is 9. The lowest BCUT2D eigenvalue weighted by Gasteiger charge is -2.26. The third kappa shape index (κ3) is 5.03. The predicted octanol–water partition coefficient (Wildman–Crippen LogP) is 2.43. The fraction of sp³-hybridized carbons (Fsp3) is 0.455. The number of morpholine rings is 1. The average molecular weight is 477 g/mol. The number of ether oxygens (including phenoxy) is 1. The number of fused-ring (bicyclic) bond motifs is 1. The van der Waals surface area contributed by atoms with Crippen LogP contribution in [0.4, 0.5) is 0 Å². The van der Waals surface area contributed by atoms with Gasteiger partial charge in [-0.2, -0.15) is 4.31 Å². The number of amides is 1. The lowest BCUT2D eigenvalue weighted by Crippen LogP contribution is -2.40. The number of aryl methyl sites for hydroxylation is 2. The summed E-state index contributed by atoms with van der Waals surface area (Å²) in [5, 5.41) is 5.00. The second-order valence-electron chi connectivity index (χ2n) is 7.62. The number of imidazole rings is 1. The van der Waals surface area contributed by atoms with Crippen molar-refractivity contribution in [2.24, 2.45) is 0 Å². The predicted molar refractivity (Wildman–Crippen MR) is 124 cm³/mol. The second-order valence-corrected chi connectivity index (χ2v) is 10.6. The number of hydrogen-bond acceptors (Lipinski definition) is 6. The Bertz CT molecular complexity index is 1170. The molecule has 0 aliphatic carbocycles. The van der Waals surface area contributed by atoms with Crippen LogP contribution in [0.1, 0.15) is 24.0 Å². The molecule has 0 saturated carbocycles. The number of benzene rings is 1. The van der Waals surface area contributed by atoms with Crippen molar-refractivity contribution < 1.29 is 17.9 Å². The molecule has 0 unspecified atom stereocenters. The van der Waals surface area contributed by atoms with Gasteiger partial charge in [0.2, 0.25) is 15.9 Å². The molecule has 1 aliphatic heterocycles. The first-order chi connectivity index (χ1) is 15.5. The van der Waals surface area contributed by atoms with E-state index < -0.39 is 10.0 Å². The summed E-state index contributed by atoms with van der Waals surface area (Å²) in [7, 11) is -3.58. The van der Waals surface area contributed by atoms with E-state index in [0.29, 0.717) is 57.8 Å². The molecule has 3 aromatic rings. The minimum absolute atomic E-state index is 0.00755. The number of thiophene rings is 1. The molecule has 32 heavy (non-hydrogen) atoms. The summed E-state index contributed by atoms with van der Waals surface area (Å²) in [6, 6.07) is 9.16. The Kier molecular flexibility index (Phi) is 7.24. The van der Waals surface area contributed by atoms with Crippen molar-refractivity contribution in [3.8, 4) is 0 Å². The number of carbonyl (C=O) groups excluding carboxylic acids is 1. The van der Waals surface area contributed by atoms with Crippen molar-refractivity contribution in [2.45, 2.75) is 37.6 Å². The van der Waals surface area contributed by atoms with Gasteiger partial charge in [0.05, 0.1) is 29.1 Å². The summed E-state index contributed by atoms with van der Waals surface area (Å²) in [5.41, 5.74) is 1.51. The fourth-order valence-electron chi connectivity index (χ4n) is 3.89. The molecular weight excluding hydrogens is 448 g/mol. The third-order valence-corrected chi connectivity index (χ3v) is 8.40. The highest BCUT2D eigenvalue weighted by atomic mass is 32.2. The SMILES string of the molecule is CCn1c(CCC(=O)NCCc2cccs2)nc2cc(S(=O)(=O)N3CCOCC3)ccc21. The summed E-state index contributed by atoms with van der Waals surface area (Å²) >= 11 is 1.69. The maximum absolute atomic E-state index is 13.0. The van der Waals surface area contributed by atoms with Gasteiger partial charge in [-0.15, -0.1) is 11.3 Å². The molecule has 1 aliphatic rings. The van der Waals surface area contributed by atoms with Gasteiger partial charge in [-0.05, 0) is 43.0 Å². The second kappa shape index (κ2) is 10.1. The van der Waals surface area contributed by atoms with Crippen LogP contribution in [0, 0.1) is 0 Å². The minimum atomic E-state index is -3.58. The molecule has 0 bridgehead atoms. The number of aromatic nitrogens is 2. The van der Waals surface area contributed by atoms with Gasteiger partial charge in [-0.1, -0.05) is 6.07 Å². The Labute approximate surface area is 192 Å². The van der Waals surface area contributed by atoms with Crippen molar-refractivity contribution in [3.63, 3.8) is 0 Å². The van der Waals surface area contributed by atoms with Crippen molar-refractivity contribution in [2.75, 3.05) is 32.8 Å². The monoisotopic (exact) mass is 476 g/mol. The summed E-state index contributed by atoms with van der Waals surface area (Å²) in [5.74, 6) is 0.781. The lowest BCUT2D eigenvalue weighted by atomic mass is 10.2. The molecule has 1 N–H and O–H groups in total. The number of nitrogens with one attached hydrogen (secondary N) is 1. The van der Waals surface area contributed by atoms with Crippen LogP contribution >= 0.6 is 11.3 Å². The molecule has 10 heteroatoms. The normalized spacial score (nSPS) is 15.3. The summed E-state index contributed by atoms with van der Waals surface area (Å²) in [6.07, 6.45) is 1.67. The van der Waals surface area contributed by atoms with Crippen LogP contribution in [0.15, 0.2) is 40.6 Å². The first kappa shape index (κ1) is 22.9. The highest BCUT2D eigenvalue weighted by molar-refractivity contribution is 7.89. The molecule has 4 rings (SSSR count). The van der Waals surface area contributed by atoms with E-state index >= 15 is 0 Å². The van der Waals surface area contributed by atoms with Crippen LogP contribution in [0.3, 0.4) is 0 Å². The molecule has 1 amide bonds. The molecule has 1 fully saturated rings.